The molecule has 0 spiro atoms. The van der Waals surface area contributed by atoms with Gasteiger partial charge in [-0.1, -0.05) is 11.6 Å². The zero-order chi connectivity index (χ0) is 21.6. The Morgan fingerprint density at radius 1 is 1.07 bits per heavy atom. The first-order valence-electron chi connectivity index (χ1n) is 8.45. The van der Waals surface area contributed by atoms with Crippen LogP contribution in [-0.4, -0.2) is 14.5 Å². The minimum absolute atomic E-state index is 0.0216. The van der Waals surface area contributed by atoms with Crippen molar-refractivity contribution in [3.63, 3.8) is 0 Å². The molecular weight excluding hydrogens is 428 g/mol. The smallest absolute Gasteiger partial charge is 0.310 e. The fourth-order valence-electron chi connectivity index (χ4n) is 2.86. The molecule has 11 heteroatoms. The van der Waals surface area contributed by atoms with Gasteiger partial charge < -0.3 is 14.3 Å². The Hall–Kier alpha value is -3.40. The van der Waals surface area contributed by atoms with Crippen LogP contribution in [0.15, 0.2) is 39.7 Å². The quantitative estimate of drug-likeness (QED) is 0.369. The van der Waals surface area contributed by atoms with Gasteiger partial charge in [0.1, 0.15) is 5.52 Å². The zero-order valence-corrected chi connectivity index (χ0v) is 15.9. The van der Waals surface area contributed by atoms with Gasteiger partial charge >= 0.3 is 5.56 Å². The second-order valence-electron chi connectivity index (χ2n) is 6.38. The number of nitrogens with one attached hydrogen (secondary N) is 1. The van der Waals surface area contributed by atoms with E-state index < -0.39 is 28.8 Å². The van der Waals surface area contributed by atoms with Gasteiger partial charge in [-0.3, -0.25) is 4.79 Å². The molecule has 2 heterocycles. The second-order valence-corrected chi connectivity index (χ2v) is 6.78. The van der Waals surface area contributed by atoms with Crippen LogP contribution in [0.25, 0.3) is 11.1 Å². The first-order chi connectivity index (χ1) is 14.2. The summed E-state index contributed by atoms with van der Waals surface area (Å²) in [7, 11) is 0. The van der Waals surface area contributed by atoms with Crippen LogP contribution in [0.5, 0.6) is 0 Å². The molecule has 6 nitrogen and oxygen atoms in total. The van der Waals surface area contributed by atoms with Gasteiger partial charge in [0.15, 0.2) is 28.9 Å². The van der Waals surface area contributed by atoms with E-state index in [1.165, 1.54) is 12.1 Å². The largest absolute Gasteiger partial charge is 0.441 e. The second kappa shape index (κ2) is 7.45. The van der Waals surface area contributed by atoms with Crippen LogP contribution in [0.1, 0.15) is 11.5 Å². The molecule has 0 atom stereocenters. The van der Waals surface area contributed by atoms with E-state index in [0.717, 1.165) is 22.9 Å². The summed E-state index contributed by atoms with van der Waals surface area (Å²) < 4.78 is 60.6. The van der Waals surface area contributed by atoms with Gasteiger partial charge in [-0.25, -0.2) is 18.2 Å². The molecule has 0 radical (unpaired) electrons. The molecule has 0 aliphatic carbocycles. The van der Waals surface area contributed by atoms with Gasteiger partial charge in [-0.15, -0.1) is 0 Å². The lowest BCUT2D eigenvalue weighted by molar-refractivity contribution is 0.444. The molecule has 0 bridgehead atoms. The fraction of sp³-hybridized carbons (Fsp3) is 0.105. The Morgan fingerprint density at radius 3 is 2.47 bits per heavy atom. The molecule has 2 aromatic heterocycles. The van der Waals surface area contributed by atoms with Crippen molar-refractivity contribution in [2.24, 2.45) is 0 Å². The summed E-state index contributed by atoms with van der Waals surface area (Å²) in [5.41, 5.74) is -0.00321. The highest BCUT2D eigenvalue weighted by Crippen LogP contribution is 2.30. The number of benzene rings is 2. The molecule has 0 amide bonds. The number of anilines is 2. The van der Waals surface area contributed by atoms with Crippen LogP contribution in [0.2, 0.25) is 5.02 Å². The van der Waals surface area contributed by atoms with Crippen LogP contribution in [0.4, 0.5) is 29.2 Å². The number of aromatic nitrogens is 3. The standard InChI is InChI=1S/C19H11ClF4N4O2/c1-8-25-15-4-10(20)14(5-16(15)30-8)26-19-27-18(29)13(23)7-28(19)6-9-2-11(21)17(24)12(22)3-9/h2-5,7H,6H2,1H3,(H,26,27,29). The summed E-state index contributed by atoms with van der Waals surface area (Å²) in [6.45, 7) is 1.34. The van der Waals surface area contributed by atoms with Crippen LogP contribution in [0, 0.1) is 30.2 Å². The van der Waals surface area contributed by atoms with E-state index in [1.807, 2.05) is 0 Å². The Kier molecular flexibility index (Phi) is 4.94. The van der Waals surface area contributed by atoms with E-state index in [0.29, 0.717) is 17.0 Å². The fourth-order valence-corrected chi connectivity index (χ4v) is 3.07. The highest BCUT2D eigenvalue weighted by molar-refractivity contribution is 6.34. The number of fused-ring (bicyclic) bond motifs is 1. The molecule has 0 saturated heterocycles. The van der Waals surface area contributed by atoms with E-state index in [-0.39, 0.29) is 28.8 Å². The molecule has 1 N–H and O–H groups in total. The lowest BCUT2D eigenvalue weighted by Gasteiger charge is -2.15. The van der Waals surface area contributed by atoms with E-state index in [4.69, 9.17) is 16.0 Å². The van der Waals surface area contributed by atoms with Gasteiger partial charge in [0.25, 0.3) is 0 Å². The monoisotopic (exact) mass is 438 g/mol. The Labute approximate surface area is 170 Å². The molecule has 4 aromatic rings. The number of hydrogen-bond acceptors (Lipinski definition) is 5. The Morgan fingerprint density at radius 2 is 1.77 bits per heavy atom. The SMILES string of the molecule is Cc1nc2cc(Cl)c(Nc3nc(=O)c(F)cn3Cc3cc(F)c(F)c(F)c3)cc2o1. The lowest BCUT2D eigenvalue weighted by atomic mass is 10.2. The summed E-state index contributed by atoms with van der Waals surface area (Å²) in [5.74, 6) is -5.36. The van der Waals surface area contributed by atoms with Crippen molar-refractivity contribution in [3.05, 3.63) is 80.6 Å². The van der Waals surface area contributed by atoms with E-state index in [1.54, 1.807) is 6.92 Å². The summed E-state index contributed by atoms with van der Waals surface area (Å²) in [5, 5.41) is 2.98. The molecule has 154 valence electrons. The summed E-state index contributed by atoms with van der Waals surface area (Å²) in [4.78, 5) is 19.5. The summed E-state index contributed by atoms with van der Waals surface area (Å²) >= 11 is 6.23. The third-order valence-corrected chi connectivity index (χ3v) is 4.49. The van der Waals surface area contributed by atoms with E-state index in [9.17, 15) is 22.4 Å². The van der Waals surface area contributed by atoms with Gasteiger partial charge in [0.2, 0.25) is 11.8 Å². The topological polar surface area (TPSA) is 73.0 Å². The van der Waals surface area contributed by atoms with Crippen LogP contribution in [-0.2, 0) is 6.54 Å². The van der Waals surface area contributed by atoms with Crippen LogP contribution in [0.3, 0.4) is 0 Å². The van der Waals surface area contributed by atoms with Crippen molar-refractivity contribution in [3.8, 4) is 0 Å². The summed E-state index contributed by atoms with van der Waals surface area (Å²) in [6.07, 6.45) is 0.807. The number of nitrogens with zero attached hydrogens (tertiary/aromatic N) is 3. The van der Waals surface area contributed by atoms with Gasteiger partial charge in [-0.05, 0) is 23.8 Å². The zero-order valence-electron chi connectivity index (χ0n) is 15.1. The normalized spacial score (nSPS) is 11.3. The minimum atomic E-state index is -1.62. The molecule has 0 unspecified atom stereocenters. The third-order valence-electron chi connectivity index (χ3n) is 4.18. The first-order valence-corrected chi connectivity index (χ1v) is 8.83. The molecule has 2 aromatic carbocycles. The predicted molar refractivity (Wildman–Crippen MR) is 101 cm³/mol. The first kappa shape index (κ1) is 19.9. The van der Waals surface area contributed by atoms with Crippen molar-refractivity contribution in [2.45, 2.75) is 13.5 Å². The maximum Gasteiger partial charge on any atom is 0.310 e. The maximum atomic E-state index is 13.8. The number of oxazole rings is 1. The predicted octanol–water partition coefficient (Wildman–Crippen LogP) is 4.69. The number of halogens is 5. The van der Waals surface area contributed by atoms with Crippen molar-refractivity contribution in [1.82, 2.24) is 14.5 Å². The molecule has 0 aliphatic heterocycles. The van der Waals surface area contributed by atoms with Crippen molar-refractivity contribution in [2.75, 3.05) is 5.32 Å². The van der Waals surface area contributed by atoms with E-state index in [2.05, 4.69) is 15.3 Å². The van der Waals surface area contributed by atoms with Crippen molar-refractivity contribution >= 4 is 34.3 Å². The number of aryl methyl sites for hydroxylation is 1. The molecule has 0 fully saturated rings. The average molecular weight is 439 g/mol. The minimum Gasteiger partial charge on any atom is -0.441 e. The van der Waals surface area contributed by atoms with Crippen molar-refractivity contribution in [1.29, 1.82) is 0 Å². The highest BCUT2D eigenvalue weighted by Gasteiger charge is 2.15. The Bertz CT molecular complexity index is 1330. The average Bonchev–Trinajstić information content (AvgIpc) is 3.02. The van der Waals surface area contributed by atoms with Gasteiger partial charge in [0.05, 0.1) is 17.3 Å². The number of rotatable bonds is 4. The summed E-state index contributed by atoms with van der Waals surface area (Å²) in [6, 6.07) is 4.55. The molecule has 0 aliphatic rings. The molecule has 4 rings (SSSR count). The maximum absolute atomic E-state index is 13.8. The number of hydrogen-bond donors (Lipinski definition) is 1. The highest BCUT2D eigenvalue weighted by atomic mass is 35.5. The molecule has 0 saturated carbocycles. The third kappa shape index (κ3) is 3.73. The van der Waals surface area contributed by atoms with Crippen LogP contribution >= 0.6 is 11.6 Å². The lowest BCUT2D eigenvalue weighted by Crippen LogP contribution is -2.20. The molecular formula is C19H11ClF4N4O2. The van der Waals surface area contributed by atoms with Gasteiger partial charge in [-0.2, -0.15) is 9.37 Å². The van der Waals surface area contributed by atoms with Gasteiger partial charge in [0, 0.05) is 19.2 Å². The van der Waals surface area contributed by atoms with Crippen LogP contribution < -0.4 is 10.9 Å². The Balaban J connectivity index is 1.76. The van der Waals surface area contributed by atoms with E-state index >= 15 is 0 Å². The van der Waals surface area contributed by atoms with Crippen molar-refractivity contribution < 1.29 is 22.0 Å². The molecule has 30 heavy (non-hydrogen) atoms.